The minimum atomic E-state index is -4.42. The summed E-state index contributed by atoms with van der Waals surface area (Å²) in [5.74, 6) is 0.719. The maximum Gasteiger partial charge on any atom is 0.417 e. The molecule has 1 spiro atoms. The van der Waals surface area contributed by atoms with Crippen LogP contribution in [-0.2, 0) is 6.18 Å². The molecule has 0 bridgehead atoms. The van der Waals surface area contributed by atoms with Gasteiger partial charge >= 0.3 is 6.18 Å². The lowest BCUT2D eigenvalue weighted by Gasteiger charge is -2.26. The van der Waals surface area contributed by atoms with Crippen LogP contribution >= 0.6 is 0 Å². The van der Waals surface area contributed by atoms with Crippen molar-refractivity contribution >= 4 is 11.7 Å². The monoisotopic (exact) mass is 492 g/mol. The number of carbonyl (C=O) groups excluding carboxylic acids is 1. The summed E-state index contributed by atoms with van der Waals surface area (Å²) in [5.41, 5.74) is 2.62. The molecule has 1 unspecified atom stereocenters. The van der Waals surface area contributed by atoms with E-state index in [0.717, 1.165) is 61.2 Å². The third-order valence-corrected chi connectivity index (χ3v) is 7.64. The van der Waals surface area contributed by atoms with Crippen molar-refractivity contribution in [3.63, 3.8) is 0 Å². The Balaban J connectivity index is 1.26. The van der Waals surface area contributed by atoms with Gasteiger partial charge in [-0.25, -0.2) is 9.97 Å². The fourth-order valence-corrected chi connectivity index (χ4v) is 5.24. The van der Waals surface area contributed by atoms with Crippen LogP contribution in [0.5, 0.6) is 0 Å². The summed E-state index contributed by atoms with van der Waals surface area (Å²) in [6.07, 6.45) is 1.67. The molecule has 2 aliphatic carbocycles. The Morgan fingerprint density at radius 3 is 2.47 bits per heavy atom. The SMILES string of the molecule is O=C(c1nc(C2CC2)ccc1-c1ccccc1)N1CC2(CC2)CC1CNc1ccc(C(F)(F)F)cn1. The molecule has 1 aliphatic heterocycles. The van der Waals surface area contributed by atoms with Crippen molar-refractivity contribution in [2.45, 2.75) is 50.2 Å². The number of likely N-dealkylation sites (tertiary alicyclic amines) is 1. The Hall–Kier alpha value is -3.42. The van der Waals surface area contributed by atoms with Gasteiger partial charge in [0.05, 0.1) is 5.56 Å². The predicted molar refractivity (Wildman–Crippen MR) is 130 cm³/mol. The molecule has 0 radical (unpaired) electrons. The number of rotatable bonds is 6. The molecule has 3 fully saturated rings. The van der Waals surface area contributed by atoms with Gasteiger partial charge < -0.3 is 10.2 Å². The second-order valence-corrected chi connectivity index (χ2v) is 10.4. The number of alkyl halides is 3. The molecule has 1 atom stereocenters. The summed E-state index contributed by atoms with van der Waals surface area (Å²) in [7, 11) is 0. The highest BCUT2D eigenvalue weighted by molar-refractivity contribution is 5.99. The molecule has 36 heavy (non-hydrogen) atoms. The van der Waals surface area contributed by atoms with Crippen molar-refractivity contribution < 1.29 is 18.0 Å². The Kier molecular flexibility index (Phi) is 5.50. The first-order chi connectivity index (χ1) is 17.3. The van der Waals surface area contributed by atoms with Crippen LogP contribution in [0.3, 0.4) is 0 Å². The van der Waals surface area contributed by atoms with Crippen LogP contribution in [-0.4, -0.2) is 39.9 Å². The first-order valence-electron chi connectivity index (χ1n) is 12.5. The first-order valence-corrected chi connectivity index (χ1v) is 12.5. The number of nitrogens with one attached hydrogen (secondary N) is 1. The lowest BCUT2D eigenvalue weighted by atomic mass is 10.0. The minimum Gasteiger partial charge on any atom is -0.368 e. The molecule has 3 aliphatic rings. The fraction of sp³-hybridized carbons (Fsp3) is 0.393. The van der Waals surface area contributed by atoms with Gasteiger partial charge in [0, 0.05) is 42.5 Å². The fourth-order valence-electron chi connectivity index (χ4n) is 5.24. The number of pyridine rings is 2. The van der Waals surface area contributed by atoms with Crippen molar-refractivity contribution in [1.29, 1.82) is 0 Å². The molecule has 1 N–H and O–H groups in total. The van der Waals surface area contributed by atoms with Crippen molar-refractivity contribution in [3.05, 3.63) is 77.7 Å². The van der Waals surface area contributed by atoms with Crippen LogP contribution in [0.2, 0.25) is 0 Å². The van der Waals surface area contributed by atoms with Gasteiger partial charge in [0.2, 0.25) is 0 Å². The van der Waals surface area contributed by atoms with Crippen LogP contribution in [0, 0.1) is 5.41 Å². The van der Waals surface area contributed by atoms with Gasteiger partial charge in [-0.2, -0.15) is 13.2 Å². The second kappa shape index (κ2) is 8.61. The molecule has 1 amide bonds. The number of aromatic nitrogens is 2. The van der Waals surface area contributed by atoms with E-state index in [0.29, 0.717) is 30.5 Å². The summed E-state index contributed by atoms with van der Waals surface area (Å²) in [6, 6.07) is 16.2. The maximum atomic E-state index is 14.0. The number of carbonyl (C=O) groups is 1. The van der Waals surface area contributed by atoms with Crippen LogP contribution in [0.15, 0.2) is 60.8 Å². The standard InChI is InChI=1S/C28H27F3N4O/c29-28(30,31)20-8-11-24(32-15-20)33-16-21-14-27(12-13-27)17-35(21)26(36)25-22(18-4-2-1-3-5-18)9-10-23(34-25)19-6-7-19/h1-5,8-11,15,19,21H,6-7,12-14,16-17H2,(H,32,33). The predicted octanol–water partition coefficient (Wildman–Crippen LogP) is 6.15. The smallest absolute Gasteiger partial charge is 0.368 e. The molecule has 3 heterocycles. The van der Waals surface area contributed by atoms with Crippen molar-refractivity contribution in [2.24, 2.45) is 5.41 Å². The normalized spacial score (nSPS) is 20.5. The average Bonchev–Trinajstić information content (AvgIpc) is 3.81. The number of halogens is 3. The molecule has 1 aromatic carbocycles. The highest BCUT2D eigenvalue weighted by Crippen LogP contribution is 2.55. The van der Waals surface area contributed by atoms with Gasteiger partial charge in [-0.3, -0.25) is 4.79 Å². The van der Waals surface area contributed by atoms with Crippen LogP contribution < -0.4 is 5.32 Å². The molecule has 8 heteroatoms. The number of amides is 1. The molecular weight excluding hydrogens is 465 g/mol. The van der Waals surface area contributed by atoms with Crippen LogP contribution in [0.1, 0.15) is 59.8 Å². The van der Waals surface area contributed by atoms with Gasteiger partial charge in [-0.05, 0) is 61.3 Å². The second-order valence-electron chi connectivity index (χ2n) is 10.4. The number of hydrogen-bond donors (Lipinski definition) is 1. The molecule has 186 valence electrons. The molecule has 2 saturated carbocycles. The van der Waals surface area contributed by atoms with Crippen molar-refractivity contribution in [2.75, 3.05) is 18.4 Å². The summed E-state index contributed by atoms with van der Waals surface area (Å²) in [6.45, 7) is 1.11. The van der Waals surface area contributed by atoms with E-state index in [1.54, 1.807) is 0 Å². The van der Waals surface area contributed by atoms with E-state index in [-0.39, 0.29) is 17.4 Å². The summed E-state index contributed by atoms with van der Waals surface area (Å²) < 4.78 is 38.6. The first kappa shape index (κ1) is 23.0. The Morgan fingerprint density at radius 2 is 1.83 bits per heavy atom. The largest absolute Gasteiger partial charge is 0.417 e. The van der Waals surface area contributed by atoms with Crippen molar-refractivity contribution in [3.8, 4) is 11.1 Å². The number of nitrogens with zero attached hydrogens (tertiary/aromatic N) is 3. The van der Waals surface area contributed by atoms with Gasteiger partial charge in [0.15, 0.2) is 0 Å². The maximum absolute atomic E-state index is 14.0. The zero-order valence-electron chi connectivity index (χ0n) is 19.8. The van der Waals surface area contributed by atoms with Gasteiger partial charge in [-0.1, -0.05) is 36.4 Å². The van der Waals surface area contributed by atoms with Crippen LogP contribution in [0.25, 0.3) is 11.1 Å². The lowest BCUT2D eigenvalue weighted by molar-refractivity contribution is -0.137. The highest BCUT2D eigenvalue weighted by atomic mass is 19.4. The molecule has 5 nitrogen and oxygen atoms in total. The van der Waals surface area contributed by atoms with E-state index >= 15 is 0 Å². The molecule has 2 aromatic heterocycles. The summed E-state index contributed by atoms with van der Waals surface area (Å²) in [4.78, 5) is 24.8. The third-order valence-electron chi connectivity index (χ3n) is 7.64. The zero-order valence-corrected chi connectivity index (χ0v) is 19.8. The lowest BCUT2D eigenvalue weighted by Crippen LogP contribution is -2.40. The van der Waals surface area contributed by atoms with E-state index in [1.165, 1.54) is 6.07 Å². The molecular formula is C28H27F3N4O. The number of hydrogen-bond acceptors (Lipinski definition) is 4. The van der Waals surface area contributed by atoms with Crippen molar-refractivity contribution in [1.82, 2.24) is 14.9 Å². The molecule has 6 rings (SSSR count). The van der Waals surface area contributed by atoms with E-state index < -0.39 is 11.7 Å². The minimum absolute atomic E-state index is 0.0766. The van der Waals surface area contributed by atoms with E-state index in [2.05, 4.69) is 10.3 Å². The summed E-state index contributed by atoms with van der Waals surface area (Å²) >= 11 is 0. The quantitative estimate of drug-likeness (QED) is 0.449. The Morgan fingerprint density at radius 1 is 1.06 bits per heavy atom. The Bertz CT molecular complexity index is 1270. The average molecular weight is 493 g/mol. The highest BCUT2D eigenvalue weighted by Gasteiger charge is 2.53. The third kappa shape index (κ3) is 4.56. The zero-order chi connectivity index (χ0) is 24.9. The van der Waals surface area contributed by atoms with E-state index in [4.69, 9.17) is 4.98 Å². The topological polar surface area (TPSA) is 58.1 Å². The molecule has 3 aromatic rings. The summed E-state index contributed by atoms with van der Waals surface area (Å²) in [5, 5.41) is 3.16. The Labute approximate surface area is 207 Å². The van der Waals surface area contributed by atoms with E-state index in [9.17, 15) is 18.0 Å². The number of benzene rings is 1. The van der Waals surface area contributed by atoms with E-state index in [1.807, 2.05) is 47.4 Å². The van der Waals surface area contributed by atoms with Gasteiger partial charge in [0.1, 0.15) is 11.5 Å². The number of anilines is 1. The molecule has 1 saturated heterocycles. The van der Waals surface area contributed by atoms with Gasteiger partial charge in [-0.15, -0.1) is 0 Å². The van der Waals surface area contributed by atoms with Crippen LogP contribution in [0.4, 0.5) is 19.0 Å². The van der Waals surface area contributed by atoms with Gasteiger partial charge in [0.25, 0.3) is 5.91 Å².